The molecule has 0 heterocycles. The number of esters is 1. The van der Waals surface area contributed by atoms with Gasteiger partial charge in [-0.3, -0.25) is 9.59 Å². The number of amides is 1. The van der Waals surface area contributed by atoms with E-state index in [0.717, 1.165) is 5.56 Å². The molecule has 0 fully saturated rings. The molecule has 0 aliphatic heterocycles. The summed E-state index contributed by atoms with van der Waals surface area (Å²) in [5.41, 5.74) is 0.848. The van der Waals surface area contributed by atoms with E-state index in [2.05, 4.69) is 10.1 Å². The molecule has 0 bridgehead atoms. The van der Waals surface area contributed by atoms with Crippen molar-refractivity contribution in [3.63, 3.8) is 0 Å². The van der Waals surface area contributed by atoms with E-state index in [1.165, 1.54) is 14.0 Å². The summed E-state index contributed by atoms with van der Waals surface area (Å²) < 4.78 is 9.43. The third kappa shape index (κ3) is 5.51. The van der Waals surface area contributed by atoms with Crippen LogP contribution in [0.15, 0.2) is 30.3 Å². The van der Waals surface area contributed by atoms with Crippen LogP contribution in [-0.2, 0) is 25.7 Å². The second-order valence-corrected chi connectivity index (χ2v) is 4.15. The molecule has 0 saturated carbocycles. The topological polar surface area (TPSA) is 81.7 Å². The normalized spacial score (nSPS) is 11.3. The van der Waals surface area contributed by atoms with Crippen LogP contribution in [0.2, 0.25) is 0 Å². The second kappa shape index (κ2) is 7.93. The number of ether oxygens (including phenoxy) is 2. The van der Waals surface area contributed by atoms with Crippen LogP contribution in [0.3, 0.4) is 0 Å². The summed E-state index contributed by atoms with van der Waals surface area (Å²) in [6.45, 7) is 1.41. The van der Waals surface area contributed by atoms with Crippen molar-refractivity contribution in [3.8, 4) is 0 Å². The maximum atomic E-state index is 11.6. The number of benzene rings is 1. The van der Waals surface area contributed by atoms with Crippen molar-refractivity contribution in [3.05, 3.63) is 35.9 Å². The standard InChI is InChI=1S/C14H17NO5/c1-10(16)12(15-14(18)19-2)8-13(17)20-9-11-6-4-3-5-7-11/h3-7,12H,8-9H2,1-2H3,(H,15,18). The third-order valence-corrected chi connectivity index (χ3v) is 2.58. The number of hydrogen-bond donors (Lipinski definition) is 1. The molecule has 1 aromatic carbocycles. The van der Waals surface area contributed by atoms with Crippen molar-refractivity contribution < 1.29 is 23.9 Å². The van der Waals surface area contributed by atoms with Crippen molar-refractivity contribution >= 4 is 17.8 Å². The monoisotopic (exact) mass is 279 g/mol. The number of carbonyl (C=O) groups excluding carboxylic acids is 3. The van der Waals surface area contributed by atoms with E-state index < -0.39 is 18.1 Å². The van der Waals surface area contributed by atoms with E-state index >= 15 is 0 Å². The maximum Gasteiger partial charge on any atom is 0.407 e. The van der Waals surface area contributed by atoms with E-state index in [9.17, 15) is 14.4 Å². The molecule has 6 heteroatoms. The van der Waals surface area contributed by atoms with Crippen LogP contribution in [0.1, 0.15) is 18.9 Å². The molecule has 0 aromatic heterocycles. The number of ketones is 1. The molecule has 1 rings (SSSR count). The van der Waals surface area contributed by atoms with Crippen molar-refractivity contribution in [1.29, 1.82) is 0 Å². The summed E-state index contributed by atoms with van der Waals surface area (Å²) in [4.78, 5) is 34.0. The number of alkyl carbamates (subject to hydrolysis) is 1. The van der Waals surface area contributed by atoms with Gasteiger partial charge in [-0.1, -0.05) is 30.3 Å². The fourth-order valence-corrected chi connectivity index (χ4v) is 1.46. The van der Waals surface area contributed by atoms with Crippen molar-refractivity contribution in [2.45, 2.75) is 26.0 Å². The Hall–Kier alpha value is -2.37. The Bertz CT molecular complexity index is 472. The smallest absolute Gasteiger partial charge is 0.407 e. The Kier molecular flexibility index (Phi) is 6.22. The summed E-state index contributed by atoms with van der Waals surface area (Å²) in [6, 6.07) is 8.23. The Morgan fingerprint density at radius 2 is 1.85 bits per heavy atom. The van der Waals surface area contributed by atoms with Gasteiger partial charge in [0.15, 0.2) is 5.78 Å². The van der Waals surface area contributed by atoms with Gasteiger partial charge in [0.05, 0.1) is 13.5 Å². The van der Waals surface area contributed by atoms with Crippen molar-refractivity contribution in [2.24, 2.45) is 0 Å². The van der Waals surface area contributed by atoms with E-state index in [1.807, 2.05) is 30.3 Å². The highest BCUT2D eigenvalue weighted by Gasteiger charge is 2.21. The first kappa shape index (κ1) is 15.7. The zero-order valence-corrected chi connectivity index (χ0v) is 11.4. The zero-order chi connectivity index (χ0) is 15.0. The van der Waals surface area contributed by atoms with Gasteiger partial charge in [0.2, 0.25) is 0 Å². The lowest BCUT2D eigenvalue weighted by molar-refractivity contribution is -0.146. The predicted octanol–water partition coefficient (Wildman–Crippen LogP) is 1.43. The highest BCUT2D eigenvalue weighted by Crippen LogP contribution is 2.04. The van der Waals surface area contributed by atoms with Crippen LogP contribution < -0.4 is 5.32 Å². The first-order chi connectivity index (χ1) is 9.52. The van der Waals surface area contributed by atoms with Gasteiger partial charge in [-0.15, -0.1) is 0 Å². The summed E-state index contributed by atoms with van der Waals surface area (Å²) in [5, 5.41) is 2.28. The van der Waals surface area contributed by atoms with Gasteiger partial charge in [0.1, 0.15) is 12.6 Å². The molecule has 1 atom stereocenters. The first-order valence-corrected chi connectivity index (χ1v) is 6.07. The summed E-state index contributed by atoms with van der Waals surface area (Å²) in [6.07, 6.45) is -0.988. The van der Waals surface area contributed by atoms with E-state index in [-0.39, 0.29) is 18.8 Å². The summed E-state index contributed by atoms with van der Waals surface area (Å²) >= 11 is 0. The number of hydrogen-bond acceptors (Lipinski definition) is 5. The van der Waals surface area contributed by atoms with Gasteiger partial charge in [0.25, 0.3) is 0 Å². The average molecular weight is 279 g/mol. The fourth-order valence-electron chi connectivity index (χ4n) is 1.46. The highest BCUT2D eigenvalue weighted by atomic mass is 16.5. The quantitative estimate of drug-likeness (QED) is 0.797. The molecule has 1 unspecified atom stereocenters. The third-order valence-electron chi connectivity index (χ3n) is 2.58. The van der Waals surface area contributed by atoms with Gasteiger partial charge in [-0.25, -0.2) is 4.79 Å². The number of rotatable bonds is 6. The lowest BCUT2D eigenvalue weighted by Crippen LogP contribution is -2.41. The van der Waals surface area contributed by atoms with Crippen LogP contribution in [0.25, 0.3) is 0 Å². The Morgan fingerprint density at radius 3 is 2.40 bits per heavy atom. The van der Waals surface area contributed by atoms with Gasteiger partial charge in [0, 0.05) is 0 Å². The second-order valence-electron chi connectivity index (χ2n) is 4.15. The minimum absolute atomic E-state index is 0.128. The Labute approximate surface area is 117 Å². The lowest BCUT2D eigenvalue weighted by atomic mass is 10.1. The molecule has 20 heavy (non-hydrogen) atoms. The first-order valence-electron chi connectivity index (χ1n) is 6.07. The van der Waals surface area contributed by atoms with E-state index in [0.29, 0.717) is 0 Å². The van der Waals surface area contributed by atoms with Crippen LogP contribution in [-0.4, -0.2) is 31.0 Å². The molecule has 108 valence electrons. The largest absolute Gasteiger partial charge is 0.461 e. The molecular formula is C14H17NO5. The number of carbonyl (C=O) groups is 3. The minimum Gasteiger partial charge on any atom is -0.461 e. The molecule has 1 aromatic rings. The van der Waals surface area contributed by atoms with Crippen molar-refractivity contribution in [2.75, 3.05) is 7.11 Å². The molecular weight excluding hydrogens is 262 g/mol. The molecule has 0 aliphatic rings. The molecule has 0 saturated heterocycles. The Balaban J connectivity index is 2.46. The Morgan fingerprint density at radius 1 is 1.20 bits per heavy atom. The number of Topliss-reactive ketones (excluding diaryl/α,β-unsaturated/α-hetero) is 1. The van der Waals surface area contributed by atoms with Crippen molar-refractivity contribution in [1.82, 2.24) is 5.32 Å². The summed E-state index contributed by atoms with van der Waals surface area (Å²) in [5.74, 6) is -0.905. The SMILES string of the molecule is COC(=O)NC(CC(=O)OCc1ccccc1)C(C)=O. The van der Waals surface area contributed by atoms with Crippen LogP contribution in [0.4, 0.5) is 4.79 Å². The molecule has 0 spiro atoms. The van der Waals surface area contributed by atoms with E-state index in [1.54, 1.807) is 0 Å². The lowest BCUT2D eigenvalue weighted by Gasteiger charge is -2.14. The fraction of sp³-hybridized carbons (Fsp3) is 0.357. The van der Waals surface area contributed by atoms with E-state index in [4.69, 9.17) is 4.74 Å². The molecule has 0 radical (unpaired) electrons. The maximum absolute atomic E-state index is 11.6. The van der Waals surface area contributed by atoms with Crippen LogP contribution in [0.5, 0.6) is 0 Å². The highest BCUT2D eigenvalue weighted by molar-refractivity contribution is 5.89. The number of nitrogens with one attached hydrogen (secondary N) is 1. The van der Waals surface area contributed by atoms with Gasteiger partial charge < -0.3 is 14.8 Å². The van der Waals surface area contributed by atoms with Crippen LogP contribution >= 0.6 is 0 Å². The van der Waals surface area contributed by atoms with Gasteiger partial charge in [-0.05, 0) is 12.5 Å². The summed E-state index contributed by atoms with van der Waals surface area (Å²) in [7, 11) is 1.18. The minimum atomic E-state index is -0.939. The molecule has 6 nitrogen and oxygen atoms in total. The zero-order valence-electron chi connectivity index (χ0n) is 11.4. The molecule has 1 N–H and O–H groups in total. The van der Waals surface area contributed by atoms with Gasteiger partial charge >= 0.3 is 12.1 Å². The number of methoxy groups -OCH3 is 1. The average Bonchev–Trinajstić information content (AvgIpc) is 2.45. The molecule has 0 aliphatic carbocycles. The molecule has 1 amide bonds. The van der Waals surface area contributed by atoms with Crippen LogP contribution in [0, 0.1) is 0 Å². The predicted molar refractivity (Wildman–Crippen MR) is 70.9 cm³/mol. The van der Waals surface area contributed by atoms with Gasteiger partial charge in [-0.2, -0.15) is 0 Å².